The predicted molar refractivity (Wildman–Crippen MR) is 106 cm³/mol. The van der Waals surface area contributed by atoms with Crippen LogP contribution >= 0.6 is 0 Å². The quantitative estimate of drug-likeness (QED) is 0.592. The summed E-state index contributed by atoms with van der Waals surface area (Å²) in [5.41, 5.74) is -1.90. The van der Waals surface area contributed by atoms with Crippen molar-refractivity contribution in [1.82, 2.24) is 10.3 Å². The second-order valence-electron chi connectivity index (χ2n) is 6.68. The molecule has 0 radical (unpaired) electrons. The summed E-state index contributed by atoms with van der Waals surface area (Å²) in [5.74, 6) is -3.84. The molecule has 1 aromatic carbocycles. The minimum atomic E-state index is -4.29. The van der Waals surface area contributed by atoms with Crippen molar-refractivity contribution in [3.05, 3.63) is 58.8 Å². The zero-order chi connectivity index (χ0) is 22.7. The van der Waals surface area contributed by atoms with Gasteiger partial charge in [-0.3, -0.25) is 14.6 Å². The van der Waals surface area contributed by atoms with Gasteiger partial charge in [-0.1, -0.05) is 0 Å². The number of amides is 2. The van der Waals surface area contributed by atoms with E-state index in [9.17, 15) is 27.5 Å². The number of aryl methyl sites for hydroxylation is 1. The van der Waals surface area contributed by atoms with Gasteiger partial charge in [-0.25, -0.2) is 17.7 Å². The first-order valence-electron chi connectivity index (χ1n) is 8.53. The minimum absolute atomic E-state index is 0.0311. The lowest BCUT2D eigenvalue weighted by atomic mass is 10.1. The average molecular weight is 434 g/mol. The second kappa shape index (κ2) is 8.56. The van der Waals surface area contributed by atoms with E-state index in [4.69, 9.17) is 6.57 Å². The van der Waals surface area contributed by atoms with Crippen LogP contribution in [-0.2, 0) is 14.6 Å². The van der Waals surface area contributed by atoms with Crippen LogP contribution in [0.4, 0.5) is 15.9 Å². The molecule has 2 rings (SSSR count). The average Bonchev–Trinajstić information content (AvgIpc) is 2.66. The van der Waals surface area contributed by atoms with Crippen molar-refractivity contribution in [3.63, 3.8) is 0 Å². The number of nitrogens with zero attached hydrogens (tertiary/aromatic N) is 2. The predicted octanol–water partition coefficient (Wildman–Crippen LogP) is 1.60. The first kappa shape index (κ1) is 22.9. The van der Waals surface area contributed by atoms with Gasteiger partial charge in [-0.2, -0.15) is 0 Å². The van der Waals surface area contributed by atoms with Crippen molar-refractivity contribution < 1.29 is 27.5 Å². The highest BCUT2D eigenvalue weighted by molar-refractivity contribution is 7.91. The zero-order valence-corrected chi connectivity index (χ0v) is 17.2. The Morgan fingerprint density at radius 2 is 2.00 bits per heavy atom. The summed E-state index contributed by atoms with van der Waals surface area (Å²) in [5, 5.41) is 15.0. The molecule has 158 valence electrons. The lowest BCUT2D eigenvalue weighted by Crippen LogP contribution is -2.46. The van der Waals surface area contributed by atoms with E-state index in [0.29, 0.717) is 11.6 Å². The number of benzene rings is 1. The van der Waals surface area contributed by atoms with E-state index in [2.05, 4.69) is 20.5 Å². The molecule has 0 saturated heterocycles. The van der Waals surface area contributed by atoms with Crippen LogP contribution in [0, 0.1) is 19.3 Å². The molecular formula is C19H19FN4O5S. The molecule has 0 aliphatic carbocycles. The molecule has 0 spiro atoms. The molecule has 0 bridgehead atoms. The van der Waals surface area contributed by atoms with Gasteiger partial charge in [0.25, 0.3) is 11.8 Å². The monoisotopic (exact) mass is 434 g/mol. The number of carbonyl (C=O) groups excluding carboxylic acids is 2. The fourth-order valence-corrected chi connectivity index (χ4v) is 4.11. The Labute approximate surface area is 172 Å². The van der Waals surface area contributed by atoms with Gasteiger partial charge in [0.15, 0.2) is 15.4 Å². The molecule has 30 heavy (non-hydrogen) atoms. The van der Waals surface area contributed by atoms with E-state index in [1.54, 1.807) is 6.92 Å². The largest absolute Gasteiger partial charge is 0.379 e. The number of halogens is 1. The van der Waals surface area contributed by atoms with Gasteiger partial charge in [-0.05, 0) is 43.7 Å². The van der Waals surface area contributed by atoms with Gasteiger partial charge in [0.2, 0.25) is 5.69 Å². The maximum atomic E-state index is 14.1. The van der Waals surface area contributed by atoms with Crippen LogP contribution in [0.25, 0.3) is 4.85 Å². The van der Waals surface area contributed by atoms with E-state index in [1.165, 1.54) is 19.3 Å². The molecular weight excluding hydrogens is 415 g/mol. The van der Waals surface area contributed by atoms with Crippen molar-refractivity contribution in [2.24, 2.45) is 0 Å². The Morgan fingerprint density at radius 3 is 2.53 bits per heavy atom. The molecule has 11 heteroatoms. The number of hydrogen-bond acceptors (Lipinski definition) is 6. The van der Waals surface area contributed by atoms with Gasteiger partial charge in [-0.15, -0.1) is 0 Å². The minimum Gasteiger partial charge on any atom is -0.379 e. The number of sulfone groups is 1. The topological polar surface area (TPSA) is 130 Å². The number of rotatable bonds is 6. The highest BCUT2D eigenvalue weighted by Gasteiger charge is 2.37. The van der Waals surface area contributed by atoms with E-state index >= 15 is 0 Å². The third kappa shape index (κ3) is 4.97. The molecule has 0 aliphatic heterocycles. The van der Waals surface area contributed by atoms with Crippen LogP contribution in [0.3, 0.4) is 0 Å². The van der Waals surface area contributed by atoms with Crippen molar-refractivity contribution in [2.75, 3.05) is 18.1 Å². The number of hydrogen-bond donors (Lipinski definition) is 3. The molecule has 2 aromatic rings. The van der Waals surface area contributed by atoms with E-state index in [1.807, 2.05) is 0 Å². The number of carbonyl (C=O) groups is 2. The van der Waals surface area contributed by atoms with E-state index in [-0.39, 0.29) is 17.1 Å². The van der Waals surface area contributed by atoms with Crippen molar-refractivity contribution in [2.45, 2.75) is 24.3 Å². The third-order valence-corrected chi connectivity index (χ3v) is 6.09. The normalized spacial score (nSPS) is 13.1. The van der Waals surface area contributed by atoms with Gasteiger partial charge in [0.1, 0.15) is 11.6 Å². The summed E-state index contributed by atoms with van der Waals surface area (Å²) in [6.07, 6.45) is 1.24. The summed E-state index contributed by atoms with van der Waals surface area (Å²) >= 11 is 0. The Kier molecular flexibility index (Phi) is 6.54. The fraction of sp³-hybridized carbons (Fsp3) is 0.263. The molecule has 2 amide bonds. The number of aliphatic hydroxyl groups is 1. The molecule has 1 atom stereocenters. The summed E-state index contributed by atoms with van der Waals surface area (Å²) in [6.45, 7) is 9.61. The Bertz CT molecular complexity index is 1160. The highest BCUT2D eigenvalue weighted by Crippen LogP contribution is 2.23. The number of anilines is 1. The Hall–Kier alpha value is -3.36. The summed E-state index contributed by atoms with van der Waals surface area (Å²) < 4.78 is 39.3. The van der Waals surface area contributed by atoms with Crippen LogP contribution in [0.1, 0.15) is 22.8 Å². The molecule has 1 heterocycles. The maximum Gasteiger partial charge on any atom is 0.258 e. The fourth-order valence-electron chi connectivity index (χ4n) is 2.51. The van der Waals surface area contributed by atoms with E-state index < -0.39 is 43.7 Å². The van der Waals surface area contributed by atoms with Gasteiger partial charge >= 0.3 is 0 Å². The third-order valence-electron chi connectivity index (χ3n) is 4.18. The van der Waals surface area contributed by atoms with Crippen molar-refractivity contribution in [1.29, 1.82) is 0 Å². The van der Waals surface area contributed by atoms with Crippen LogP contribution in [0.15, 0.2) is 35.4 Å². The maximum absolute atomic E-state index is 14.1. The molecule has 0 unspecified atom stereocenters. The lowest BCUT2D eigenvalue weighted by molar-refractivity contribution is -0.130. The van der Waals surface area contributed by atoms with Crippen molar-refractivity contribution >= 4 is 33.2 Å². The van der Waals surface area contributed by atoms with Gasteiger partial charge in [0, 0.05) is 13.2 Å². The summed E-state index contributed by atoms with van der Waals surface area (Å²) in [7, 11) is -2.99. The van der Waals surface area contributed by atoms with Crippen LogP contribution < -0.4 is 10.6 Å². The standard InChI is InChI=1S/C19H19FN4O5S/c1-11-7-16(23-9-15(11)21-3)24-18(26)19(2,27)10-30(28,29)12-5-6-13(14(20)8-12)17(25)22-4/h5-9,27H,10H2,1-2,4H3,(H,22,25)(H,23,24,26)/t19-/m0/s1. The zero-order valence-electron chi connectivity index (χ0n) is 16.4. The Balaban J connectivity index is 2.23. The smallest absolute Gasteiger partial charge is 0.258 e. The number of aromatic nitrogens is 1. The number of nitrogens with one attached hydrogen (secondary N) is 2. The van der Waals surface area contributed by atoms with Crippen molar-refractivity contribution in [3.8, 4) is 0 Å². The van der Waals surface area contributed by atoms with Crippen LogP contribution in [0.2, 0.25) is 0 Å². The second-order valence-corrected chi connectivity index (χ2v) is 8.67. The van der Waals surface area contributed by atoms with Crippen LogP contribution in [0.5, 0.6) is 0 Å². The first-order valence-corrected chi connectivity index (χ1v) is 10.2. The molecule has 1 aromatic heterocycles. The molecule has 9 nitrogen and oxygen atoms in total. The Morgan fingerprint density at radius 1 is 1.33 bits per heavy atom. The number of pyridine rings is 1. The summed E-state index contributed by atoms with van der Waals surface area (Å²) in [6, 6.07) is 4.08. The molecule has 0 saturated carbocycles. The van der Waals surface area contributed by atoms with Gasteiger partial charge < -0.3 is 15.7 Å². The SMILES string of the molecule is [C-]#[N+]c1cnc(NC(=O)[C@@](C)(O)CS(=O)(=O)c2ccc(C(=O)NC)c(F)c2)cc1C. The van der Waals surface area contributed by atoms with Crippen LogP contribution in [-0.4, -0.2) is 48.7 Å². The molecule has 0 aliphatic rings. The van der Waals surface area contributed by atoms with Gasteiger partial charge in [0.05, 0.1) is 22.8 Å². The summed E-state index contributed by atoms with van der Waals surface area (Å²) in [4.78, 5) is 30.6. The lowest BCUT2D eigenvalue weighted by Gasteiger charge is -2.22. The highest BCUT2D eigenvalue weighted by atomic mass is 32.2. The molecule has 0 fully saturated rings. The first-order chi connectivity index (χ1) is 13.9. The van der Waals surface area contributed by atoms with E-state index in [0.717, 1.165) is 19.1 Å². The molecule has 3 N–H and O–H groups in total.